The van der Waals surface area contributed by atoms with Gasteiger partial charge in [0, 0.05) is 13.1 Å². The number of hydrogen-bond acceptors (Lipinski definition) is 3. The molecular weight excluding hydrogens is 182 g/mol. The Hall–Kier alpha value is -1.52. The molecule has 0 bridgehead atoms. The van der Waals surface area contributed by atoms with Crippen molar-refractivity contribution in [2.75, 3.05) is 11.9 Å². The van der Waals surface area contributed by atoms with Gasteiger partial charge in [0.05, 0.1) is 5.56 Å². The highest BCUT2D eigenvalue weighted by molar-refractivity contribution is 5.48. The first kappa shape index (κ1) is 9.05. The van der Waals surface area contributed by atoms with Gasteiger partial charge in [-0.2, -0.15) is 0 Å². The topological polar surface area (TPSA) is 66.9 Å². The lowest BCUT2D eigenvalue weighted by Crippen LogP contribution is -2.32. The summed E-state index contributed by atoms with van der Waals surface area (Å²) in [4.78, 5) is 25.2. The van der Waals surface area contributed by atoms with Gasteiger partial charge in [-0.25, -0.2) is 4.79 Å². The average Bonchev–Trinajstić information content (AvgIpc) is 2.60. The molecule has 76 valence electrons. The van der Waals surface area contributed by atoms with E-state index in [1.165, 1.54) is 0 Å². The lowest BCUT2D eigenvalue weighted by Gasteiger charge is -2.09. The molecule has 0 spiro atoms. The van der Waals surface area contributed by atoms with Crippen LogP contribution in [0.4, 0.5) is 5.82 Å². The van der Waals surface area contributed by atoms with Crippen molar-refractivity contribution in [3.8, 4) is 0 Å². The molecule has 0 aromatic carbocycles. The summed E-state index contributed by atoms with van der Waals surface area (Å²) >= 11 is 0. The maximum Gasteiger partial charge on any atom is 0.329 e. The molecule has 0 amide bonds. The van der Waals surface area contributed by atoms with Crippen LogP contribution in [-0.4, -0.2) is 16.1 Å². The van der Waals surface area contributed by atoms with Gasteiger partial charge in [-0.15, -0.1) is 0 Å². The van der Waals surface area contributed by atoms with Crippen molar-refractivity contribution < 1.29 is 0 Å². The Morgan fingerprint density at radius 2 is 2.21 bits per heavy atom. The van der Waals surface area contributed by atoms with Crippen LogP contribution in [0.1, 0.15) is 18.9 Å². The monoisotopic (exact) mass is 195 g/mol. The maximum atomic E-state index is 11.5. The average molecular weight is 195 g/mol. The van der Waals surface area contributed by atoms with E-state index in [0.717, 1.165) is 13.0 Å². The van der Waals surface area contributed by atoms with Gasteiger partial charge in [0.2, 0.25) is 0 Å². The Kier molecular flexibility index (Phi) is 2.15. The number of rotatable bonds is 2. The lowest BCUT2D eigenvalue weighted by atomic mass is 10.2. The Balaban J connectivity index is 2.66. The zero-order valence-corrected chi connectivity index (χ0v) is 8.09. The third-order valence-electron chi connectivity index (χ3n) is 2.41. The summed E-state index contributed by atoms with van der Waals surface area (Å²) in [6, 6.07) is 0. The molecule has 1 aliphatic heterocycles. The van der Waals surface area contributed by atoms with E-state index in [1.807, 2.05) is 6.92 Å². The van der Waals surface area contributed by atoms with E-state index < -0.39 is 0 Å². The van der Waals surface area contributed by atoms with Gasteiger partial charge in [-0.05, 0) is 12.8 Å². The van der Waals surface area contributed by atoms with Crippen LogP contribution in [0, 0.1) is 0 Å². The lowest BCUT2D eigenvalue weighted by molar-refractivity contribution is 0.639. The van der Waals surface area contributed by atoms with E-state index in [-0.39, 0.29) is 11.2 Å². The van der Waals surface area contributed by atoms with Crippen LogP contribution in [0.5, 0.6) is 0 Å². The number of aromatic amines is 1. The molecule has 0 atom stereocenters. The van der Waals surface area contributed by atoms with Crippen LogP contribution >= 0.6 is 0 Å². The van der Waals surface area contributed by atoms with Gasteiger partial charge in [0.1, 0.15) is 5.82 Å². The smallest absolute Gasteiger partial charge is 0.329 e. The Labute approximate surface area is 80.8 Å². The fourth-order valence-electron chi connectivity index (χ4n) is 1.79. The van der Waals surface area contributed by atoms with E-state index in [1.54, 1.807) is 4.57 Å². The van der Waals surface area contributed by atoms with Gasteiger partial charge in [0.15, 0.2) is 0 Å². The van der Waals surface area contributed by atoms with Crippen LogP contribution in [-0.2, 0) is 13.0 Å². The summed E-state index contributed by atoms with van der Waals surface area (Å²) in [6.07, 6.45) is 1.58. The summed E-state index contributed by atoms with van der Waals surface area (Å²) in [7, 11) is 0. The molecule has 5 nitrogen and oxygen atoms in total. The van der Waals surface area contributed by atoms with Gasteiger partial charge >= 0.3 is 5.69 Å². The largest absolute Gasteiger partial charge is 0.371 e. The van der Waals surface area contributed by atoms with E-state index >= 15 is 0 Å². The predicted molar refractivity (Wildman–Crippen MR) is 53.8 cm³/mol. The van der Waals surface area contributed by atoms with Gasteiger partial charge in [0.25, 0.3) is 5.56 Å². The summed E-state index contributed by atoms with van der Waals surface area (Å²) in [5.74, 6) is 0.709. The Bertz CT molecular complexity index is 458. The molecule has 0 fully saturated rings. The van der Waals surface area contributed by atoms with Crippen molar-refractivity contribution in [2.45, 2.75) is 26.3 Å². The van der Waals surface area contributed by atoms with E-state index in [0.29, 0.717) is 24.3 Å². The zero-order valence-electron chi connectivity index (χ0n) is 8.09. The molecule has 2 N–H and O–H groups in total. The molecule has 0 saturated carbocycles. The first-order valence-electron chi connectivity index (χ1n) is 4.84. The van der Waals surface area contributed by atoms with E-state index in [9.17, 15) is 9.59 Å². The fraction of sp³-hybridized carbons (Fsp3) is 0.556. The number of anilines is 1. The molecule has 14 heavy (non-hydrogen) atoms. The zero-order chi connectivity index (χ0) is 10.1. The Morgan fingerprint density at radius 3 is 2.93 bits per heavy atom. The molecule has 2 heterocycles. The van der Waals surface area contributed by atoms with E-state index in [4.69, 9.17) is 0 Å². The van der Waals surface area contributed by atoms with Crippen LogP contribution in [0.2, 0.25) is 0 Å². The first-order valence-corrected chi connectivity index (χ1v) is 4.84. The third-order valence-corrected chi connectivity index (χ3v) is 2.41. The number of H-pyrrole nitrogens is 1. The summed E-state index contributed by atoms with van der Waals surface area (Å²) in [6.45, 7) is 3.38. The molecule has 2 rings (SSSR count). The van der Waals surface area contributed by atoms with Gasteiger partial charge < -0.3 is 5.32 Å². The van der Waals surface area contributed by atoms with Crippen molar-refractivity contribution in [3.05, 3.63) is 26.4 Å². The Morgan fingerprint density at radius 1 is 1.43 bits per heavy atom. The molecule has 0 radical (unpaired) electrons. The second-order valence-electron chi connectivity index (χ2n) is 3.41. The second kappa shape index (κ2) is 3.32. The molecule has 1 aromatic heterocycles. The molecular formula is C9H13N3O2. The first-order chi connectivity index (χ1) is 6.74. The number of fused-ring (bicyclic) bond motifs is 1. The number of nitrogens with one attached hydrogen (secondary N) is 2. The predicted octanol–water partition coefficient (Wildman–Crippen LogP) is -0.0854. The minimum absolute atomic E-state index is 0.248. The minimum Gasteiger partial charge on any atom is -0.371 e. The highest BCUT2D eigenvalue weighted by atomic mass is 16.2. The molecule has 1 aromatic rings. The van der Waals surface area contributed by atoms with Crippen molar-refractivity contribution >= 4 is 5.82 Å². The van der Waals surface area contributed by atoms with Gasteiger partial charge in [-0.1, -0.05) is 6.92 Å². The summed E-state index contributed by atoms with van der Waals surface area (Å²) in [5, 5.41) is 3.08. The SMILES string of the molecule is CCCn1c2c(c(=O)[nH]c1=O)CCN2. The second-order valence-corrected chi connectivity index (χ2v) is 3.41. The highest BCUT2D eigenvalue weighted by Crippen LogP contribution is 2.15. The van der Waals surface area contributed by atoms with Crippen molar-refractivity contribution in [3.63, 3.8) is 0 Å². The van der Waals surface area contributed by atoms with Crippen molar-refractivity contribution in [2.24, 2.45) is 0 Å². The normalized spacial score (nSPS) is 13.8. The number of nitrogens with zero attached hydrogens (tertiary/aromatic N) is 1. The fourth-order valence-corrected chi connectivity index (χ4v) is 1.79. The quantitative estimate of drug-likeness (QED) is 0.693. The molecule has 1 aliphatic rings. The number of aromatic nitrogens is 2. The summed E-state index contributed by atoms with van der Waals surface area (Å²) in [5.41, 5.74) is 0.144. The van der Waals surface area contributed by atoms with Crippen LogP contribution in [0.15, 0.2) is 9.59 Å². The molecule has 0 aliphatic carbocycles. The third kappa shape index (κ3) is 1.25. The maximum absolute atomic E-state index is 11.5. The van der Waals surface area contributed by atoms with Crippen LogP contribution in [0.25, 0.3) is 0 Å². The molecule has 5 heteroatoms. The standard InChI is InChI=1S/C9H13N3O2/c1-2-5-12-7-6(3-4-10-7)8(13)11-9(12)14/h10H,2-5H2,1H3,(H,11,13,14). The van der Waals surface area contributed by atoms with E-state index in [2.05, 4.69) is 10.3 Å². The number of hydrogen-bond donors (Lipinski definition) is 2. The van der Waals surface area contributed by atoms with Gasteiger partial charge in [-0.3, -0.25) is 14.3 Å². The molecule has 0 unspecified atom stereocenters. The highest BCUT2D eigenvalue weighted by Gasteiger charge is 2.18. The van der Waals surface area contributed by atoms with Crippen molar-refractivity contribution in [1.82, 2.24) is 9.55 Å². The van der Waals surface area contributed by atoms with Crippen LogP contribution in [0.3, 0.4) is 0 Å². The summed E-state index contributed by atoms with van der Waals surface area (Å²) < 4.78 is 1.60. The minimum atomic E-state index is -0.315. The van der Waals surface area contributed by atoms with Crippen molar-refractivity contribution in [1.29, 1.82) is 0 Å². The van der Waals surface area contributed by atoms with Crippen LogP contribution < -0.4 is 16.6 Å². The molecule has 0 saturated heterocycles.